The van der Waals surface area contributed by atoms with E-state index in [-0.39, 0.29) is 34.1 Å². The van der Waals surface area contributed by atoms with Crippen LogP contribution in [0.5, 0.6) is 0 Å². The van der Waals surface area contributed by atoms with Crippen molar-refractivity contribution < 1.29 is 45.2 Å². The van der Waals surface area contributed by atoms with Crippen molar-refractivity contribution in [2.45, 2.75) is 49.1 Å². The molecule has 9 unspecified atom stereocenters. The molecule has 45 heavy (non-hydrogen) atoms. The lowest BCUT2D eigenvalue weighted by atomic mass is 10.1. The number of hydrogen-bond acceptors (Lipinski definition) is 17. The molecule has 7 heterocycles. The van der Waals surface area contributed by atoms with Crippen LogP contribution >= 0.6 is 7.60 Å². The van der Waals surface area contributed by atoms with Crippen LogP contribution in [0.3, 0.4) is 0 Å². The maximum absolute atomic E-state index is 16.0. The second-order valence-electron chi connectivity index (χ2n) is 10.4. The van der Waals surface area contributed by atoms with Crippen molar-refractivity contribution in [2.24, 2.45) is 0 Å². The lowest BCUT2D eigenvalue weighted by Gasteiger charge is -2.25. The van der Waals surface area contributed by atoms with Gasteiger partial charge in [0.25, 0.3) is 5.56 Å². The van der Waals surface area contributed by atoms with E-state index in [1.807, 2.05) is 0 Å². The number of aliphatic hydroxyl groups excluding tert-OH is 1. The van der Waals surface area contributed by atoms with Crippen LogP contribution < -0.4 is 21.7 Å². The molecular formula is C21H25FN11O10PS. The maximum atomic E-state index is 16.0. The van der Waals surface area contributed by atoms with Crippen molar-refractivity contribution in [1.29, 1.82) is 0 Å². The van der Waals surface area contributed by atoms with Gasteiger partial charge in [0.1, 0.15) is 36.3 Å². The number of anilines is 2. The zero-order valence-electron chi connectivity index (χ0n) is 22.9. The van der Waals surface area contributed by atoms with Crippen molar-refractivity contribution in [1.82, 2.24) is 43.8 Å². The summed E-state index contributed by atoms with van der Waals surface area (Å²) >= 11 is 0. The number of alkyl halides is 1. The SMILES string of the molecule is CP1(=O)OCC2OC(n3cnc4c(=O)[nH]c(N)nc43)C(OS(=O)(=O)NCC3OC(n4cnc5c(N)ncnc54)C(F)C3O1)C2O. The molecule has 2 bridgehead atoms. The first-order valence-corrected chi connectivity index (χ1v) is 16.6. The molecule has 7 rings (SSSR count). The third-order valence-electron chi connectivity index (χ3n) is 7.45. The Morgan fingerprint density at radius 2 is 1.76 bits per heavy atom. The minimum absolute atomic E-state index is 0.0365. The fourth-order valence-electron chi connectivity index (χ4n) is 5.40. The van der Waals surface area contributed by atoms with E-state index in [1.54, 1.807) is 0 Å². The Bertz CT molecular complexity index is 2010. The lowest BCUT2D eigenvalue weighted by molar-refractivity contribution is -0.0491. The Morgan fingerprint density at radius 1 is 1.04 bits per heavy atom. The van der Waals surface area contributed by atoms with Crippen molar-refractivity contribution in [2.75, 3.05) is 31.3 Å². The predicted octanol–water partition coefficient (Wildman–Crippen LogP) is -1.92. The topological polar surface area (TPSA) is 289 Å². The van der Waals surface area contributed by atoms with Crippen LogP contribution in [0, 0.1) is 0 Å². The van der Waals surface area contributed by atoms with E-state index in [9.17, 15) is 22.9 Å². The van der Waals surface area contributed by atoms with E-state index >= 15 is 4.39 Å². The minimum Gasteiger partial charge on any atom is -0.387 e. The molecule has 0 spiro atoms. The highest BCUT2D eigenvalue weighted by Gasteiger charge is 2.53. The predicted molar refractivity (Wildman–Crippen MR) is 147 cm³/mol. The molecule has 7 N–H and O–H groups in total. The molecule has 0 amide bonds. The number of aromatic amines is 1. The molecule has 4 aromatic heterocycles. The second-order valence-corrected chi connectivity index (χ2v) is 13.8. The van der Waals surface area contributed by atoms with Crippen LogP contribution in [0.2, 0.25) is 0 Å². The number of halogens is 1. The van der Waals surface area contributed by atoms with Gasteiger partial charge in [-0.05, 0) is 0 Å². The van der Waals surface area contributed by atoms with E-state index in [4.69, 9.17) is 34.2 Å². The number of H-pyrrole nitrogens is 1. The summed E-state index contributed by atoms with van der Waals surface area (Å²) in [5, 5.41) is 11.1. The first-order chi connectivity index (χ1) is 21.3. The molecule has 242 valence electrons. The average Bonchev–Trinajstić information content (AvgIpc) is 3.72. The fourth-order valence-corrected chi connectivity index (χ4v) is 7.51. The number of fused-ring (bicyclic) bond motifs is 5. The normalized spacial score (nSPS) is 35.5. The molecule has 0 radical (unpaired) electrons. The van der Waals surface area contributed by atoms with E-state index in [0.29, 0.717) is 0 Å². The molecule has 9 atom stereocenters. The highest BCUT2D eigenvalue weighted by molar-refractivity contribution is 7.84. The number of nitrogens with zero attached hydrogens (tertiary/aromatic N) is 7. The summed E-state index contributed by atoms with van der Waals surface area (Å²) in [5.41, 5.74) is 10.9. The molecule has 21 nitrogen and oxygen atoms in total. The maximum Gasteiger partial charge on any atom is 0.336 e. The Hall–Kier alpha value is -3.67. The third-order valence-corrected chi connectivity index (χ3v) is 9.69. The van der Waals surface area contributed by atoms with Gasteiger partial charge in [-0.2, -0.15) is 18.1 Å². The molecule has 4 aromatic rings. The van der Waals surface area contributed by atoms with Crippen molar-refractivity contribution in [3.63, 3.8) is 0 Å². The van der Waals surface area contributed by atoms with Gasteiger partial charge < -0.3 is 30.6 Å². The van der Waals surface area contributed by atoms with Crippen LogP contribution in [0.15, 0.2) is 23.8 Å². The van der Waals surface area contributed by atoms with Gasteiger partial charge >= 0.3 is 17.9 Å². The Kier molecular flexibility index (Phi) is 7.14. The smallest absolute Gasteiger partial charge is 0.336 e. The number of aromatic nitrogens is 8. The van der Waals surface area contributed by atoms with Crippen LogP contribution in [-0.2, 0) is 37.6 Å². The van der Waals surface area contributed by atoms with Gasteiger partial charge in [-0.3, -0.25) is 28.0 Å². The second kappa shape index (κ2) is 10.7. The highest BCUT2D eigenvalue weighted by Crippen LogP contribution is 2.50. The molecule has 0 aliphatic carbocycles. The monoisotopic (exact) mass is 673 g/mol. The largest absolute Gasteiger partial charge is 0.387 e. The molecule has 24 heteroatoms. The number of rotatable bonds is 2. The number of nitrogen functional groups attached to an aromatic ring is 2. The summed E-state index contributed by atoms with van der Waals surface area (Å²) in [6.07, 6.45) is -9.15. The summed E-state index contributed by atoms with van der Waals surface area (Å²) in [5.74, 6) is -0.227. The average molecular weight is 674 g/mol. The van der Waals surface area contributed by atoms with Gasteiger partial charge in [0.05, 0.1) is 19.3 Å². The van der Waals surface area contributed by atoms with Gasteiger partial charge in [-0.1, -0.05) is 0 Å². The minimum atomic E-state index is -4.74. The zero-order chi connectivity index (χ0) is 31.8. The number of nitrogens with one attached hydrogen (secondary N) is 2. The quantitative estimate of drug-likeness (QED) is 0.145. The zero-order valence-corrected chi connectivity index (χ0v) is 24.6. The van der Waals surface area contributed by atoms with Gasteiger partial charge in [0, 0.05) is 13.2 Å². The Balaban J connectivity index is 1.21. The summed E-state index contributed by atoms with van der Waals surface area (Å²) in [6, 6.07) is 0. The summed E-state index contributed by atoms with van der Waals surface area (Å²) in [6.45, 7) is -0.168. The van der Waals surface area contributed by atoms with E-state index < -0.39 is 85.8 Å². The number of imidazole rings is 2. The molecular weight excluding hydrogens is 648 g/mol. The standard InChI is InChI=1S/C21H25FN11O10PS/c1-44(36)39-3-8-12(34)14(20(41-8)33-6-28-11-17(33)30-21(24)31-18(11)35)43-45(37,38)29-2-7-13(42-44)9(22)19(40-7)32-5-27-10-15(23)25-4-26-16(10)32/h4-9,12-14,19-20,29,34H,2-3H2,1H3,(H2,23,25,26)(H3,24,30,31,35). The van der Waals surface area contributed by atoms with E-state index in [2.05, 4.69) is 34.6 Å². The number of nitrogens with two attached hydrogens (primary N) is 2. The summed E-state index contributed by atoms with van der Waals surface area (Å²) < 4.78 is 88.4. The molecule has 3 saturated heterocycles. The van der Waals surface area contributed by atoms with Crippen LogP contribution in [0.4, 0.5) is 16.2 Å². The molecule has 0 saturated carbocycles. The summed E-state index contributed by atoms with van der Waals surface area (Å²) in [7, 11) is -8.88. The van der Waals surface area contributed by atoms with E-state index in [0.717, 1.165) is 23.9 Å². The summed E-state index contributed by atoms with van der Waals surface area (Å²) in [4.78, 5) is 34.6. The van der Waals surface area contributed by atoms with Gasteiger partial charge in [-0.25, -0.2) is 28.5 Å². The van der Waals surface area contributed by atoms with Crippen molar-refractivity contribution >= 4 is 52.0 Å². The Labute approximate surface area is 250 Å². The van der Waals surface area contributed by atoms with Gasteiger partial charge in [0.2, 0.25) is 5.95 Å². The fraction of sp³-hybridized carbons (Fsp3) is 0.524. The number of hydrogen-bond donors (Lipinski definition) is 5. The van der Waals surface area contributed by atoms with Crippen molar-refractivity contribution in [3.8, 4) is 0 Å². The first-order valence-electron chi connectivity index (χ1n) is 13.2. The molecule has 3 fully saturated rings. The van der Waals surface area contributed by atoms with Crippen molar-refractivity contribution in [3.05, 3.63) is 29.3 Å². The third kappa shape index (κ3) is 5.24. The van der Waals surface area contributed by atoms with Crippen LogP contribution in [0.1, 0.15) is 12.5 Å². The molecule has 3 aliphatic heterocycles. The highest BCUT2D eigenvalue weighted by atomic mass is 32.2. The van der Waals surface area contributed by atoms with Gasteiger partial charge in [0.15, 0.2) is 47.4 Å². The van der Waals surface area contributed by atoms with Gasteiger partial charge in [-0.15, -0.1) is 0 Å². The first kappa shape index (κ1) is 30.0. The molecule has 3 aliphatic rings. The van der Waals surface area contributed by atoms with Crippen LogP contribution in [-0.4, -0.2) is 109 Å². The van der Waals surface area contributed by atoms with Crippen LogP contribution in [0.25, 0.3) is 22.3 Å². The van der Waals surface area contributed by atoms with E-state index in [1.165, 1.54) is 10.9 Å². The molecule has 0 aromatic carbocycles. The number of aliphatic hydroxyl groups is 1. The lowest BCUT2D eigenvalue weighted by Crippen LogP contribution is -2.43. The number of ether oxygens (including phenoxy) is 2. The Morgan fingerprint density at radius 3 is 2.53 bits per heavy atom.